The van der Waals surface area contributed by atoms with Crippen molar-refractivity contribution >= 4 is 0 Å². The molecule has 1 rings (SSSR count). The second-order valence-electron chi connectivity index (χ2n) is 4.35. The Morgan fingerprint density at radius 3 is 2.47 bits per heavy atom. The van der Waals surface area contributed by atoms with E-state index in [-0.39, 0.29) is 12.2 Å². The van der Waals surface area contributed by atoms with Gasteiger partial charge >= 0.3 is 0 Å². The second kappa shape index (κ2) is 6.66. The molecule has 2 unspecified atom stereocenters. The van der Waals surface area contributed by atoms with Crippen molar-refractivity contribution in [2.24, 2.45) is 0 Å². The largest absolute Gasteiger partial charge is 0.373 e. The summed E-state index contributed by atoms with van der Waals surface area (Å²) in [6.45, 7) is 9.81. The summed E-state index contributed by atoms with van der Waals surface area (Å²) in [6, 6.07) is 0. The van der Waals surface area contributed by atoms with Crippen LogP contribution in [0.5, 0.6) is 0 Å². The molecule has 0 bridgehead atoms. The molecule has 0 aromatic heterocycles. The maximum atomic E-state index is 5.83. The first-order chi connectivity index (χ1) is 8.10. The van der Waals surface area contributed by atoms with E-state index in [4.69, 9.17) is 19.0 Å². The van der Waals surface area contributed by atoms with Gasteiger partial charge in [0.05, 0.1) is 19.3 Å². The summed E-state index contributed by atoms with van der Waals surface area (Å²) in [6.07, 6.45) is 0.923. The maximum Gasteiger partial charge on any atom is 0.281 e. The first kappa shape index (κ1) is 14.9. The fourth-order valence-electron chi connectivity index (χ4n) is 1.86. The van der Waals surface area contributed by atoms with Gasteiger partial charge in [-0.1, -0.05) is 6.92 Å². The summed E-state index contributed by atoms with van der Waals surface area (Å²) in [7, 11) is 1.67. The Hall–Kier alpha value is -0.200. The minimum atomic E-state index is -0.871. The van der Waals surface area contributed by atoms with Crippen LogP contribution in [0.1, 0.15) is 34.1 Å². The normalized spacial score (nSPS) is 29.6. The van der Waals surface area contributed by atoms with E-state index < -0.39 is 5.91 Å². The van der Waals surface area contributed by atoms with E-state index in [9.17, 15) is 0 Å². The summed E-state index contributed by atoms with van der Waals surface area (Å²) in [4.78, 5) is 5.69. The van der Waals surface area contributed by atoms with E-state index in [2.05, 4.69) is 6.92 Å². The van der Waals surface area contributed by atoms with E-state index in [1.165, 1.54) is 0 Å². The van der Waals surface area contributed by atoms with Gasteiger partial charge < -0.3 is 14.2 Å². The fraction of sp³-hybridized carbons (Fsp3) is 1.00. The molecule has 5 nitrogen and oxygen atoms in total. The van der Waals surface area contributed by atoms with Crippen molar-refractivity contribution in [2.45, 2.75) is 52.2 Å². The van der Waals surface area contributed by atoms with Gasteiger partial charge in [-0.3, -0.25) is 4.84 Å². The van der Waals surface area contributed by atoms with Crippen molar-refractivity contribution in [3.63, 3.8) is 0 Å². The number of methoxy groups -OCH3 is 1. The minimum absolute atomic E-state index is 0.0952. The summed E-state index contributed by atoms with van der Waals surface area (Å²) in [5, 5.41) is 1.74. The molecule has 0 amide bonds. The third-order valence-corrected chi connectivity index (χ3v) is 2.57. The molecule has 5 heteroatoms. The highest BCUT2D eigenvalue weighted by atomic mass is 16.8. The van der Waals surface area contributed by atoms with E-state index in [0.717, 1.165) is 6.42 Å². The second-order valence-corrected chi connectivity index (χ2v) is 4.35. The Bertz CT molecular complexity index is 225. The quantitative estimate of drug-likeness (QED) is 0.611. The van der Waals surface area contributed by atoms with E-state index in [1.54, 1.807) is 12.2 Å². The number of hydrogen-bond donors (Lipinski definition) is 0. The average Bonchev–Trinajstić information content (AvgIpc) is 2.29. The third-order valence-electron chi connectivity index (χ3n) is 2.57. The average molecular weight is 247 g/mol. The molecule has 1 aliphatic heterocycles. The molecule has 0 N–H and O–H groups in total. The number of hydrogen-bond acceptors (Lipinski definition) is 5. The Labute approximate surface area is 104 Å². The van der Waals surface area contributed by atoms with Crippen LogP contribution < -0.4 is 0 Å². The monoisotopic (exact) mass is 247 g/mol. The number of nitrogens with zero attached hydrogens (tertiary/aromatic N) is 1. The molecule has 1 heterocycles. The van der Waals surface area contributed by atoms with Crippen molar-refractivity contribution < 1.29 is 19.0 Å². The number of hydroxylamine groups is 2. The molecular weight excluding hydrogens is 222 g/mol. The molecule has 0 aromatic rings. The zero-order valence-corrected chi connectivity index (χ0v) is 11.6. The van der Waals surface area contributed by atoms with E-state index >= 15 is 0 Å². The predicted molar refractivity (Wildman–Crippen MR) is 64.3 cm³/mol. The van der Waals surface area contributed by atoms with Gasteiger partial charge in [0.2, 0.25) is 0 Å². The Kier molecular flexibility index (Phi) is 5.82. The van der Waals surface area contributed by atoms with Gasteiger partial charge in [0.15, 0.2) is 0 Å². The first-order valence-electron chi connectivity index (χ1n) is 6.35. The van der Waals surface area contributed by atoms with E-state index in [0.29, 0.717) is 19.8 Å². The zero-order valence-electron chi connectivity index (χ0n) is 11.6. The summed E-state index contributed by atoms with van der Waals surface area (Å²) < 4.78 is 17.0. The van der Waals surface area contributed by atoms with Crippen LogP contribution >= 0.6 is 0 Å². The molecule has 1 saturated heterocycles. The lowest BCUT2D eigenvalue weighted by atomic mass is 10.1. The van der Waals surface area contributed by atoms with Crippen molar-refractivity contribution in [3.05, 3.63) is 0 Å². The van der Waals surface area contributed by atoms with Crippen LogP contribution in [0.4, 0.5) is 0 Å². The zero-order chi connectivity index (χ0) is 12.9. The lowest BCUT2D eigenvalue weighted by molar-refractivity contribution is -0.496. The van der Waals surface area contributed by atoms with Crippen LogP contribution in [-0.4, -0.2) is 50.1 Å². The summed E-state index contributed by atoms with van der Waals surface area (Å²) in [5.41, 5.74) is 0. The van der Waals surface area contributed by atoms with Crippen molar-refractivity contribution in [1.29, 1.82) is 0 Å². The maximum absolute atomic E-state index is 5.83. The third kappa shape index (κ3) is 3.17. The van der Waals surface area contributed by atoms with Crippen LogP contribution in [0, 0.1) is 0 Å². The predicted octanol–water partition coefficient (Wildman–Crippen LogP) is 1.77. The van der Waals surface area contributed by atoms with Gasteiger partial charge in [-0.05, 0) is 27.2 Å². The smallest absolute Gasteiger partial charge is 0.281 e. The SMILES string of the molecule is CCCOC1(OCC)C(OC)CN1OC(C)C. The lowest BCUT2D eigenvalue weighted by Crippen LogP contribution is -2.74. The highest BCUT2D eigenvalue weighted by Gasteiger charge is 2.58. The topological polar surface area (TPSA) is 40.2 Å². The molecule has 1 fully saturated rings. The molecule has 17 heavy (non-hydrogen) atoms. The Morgan fingerprint density at radius 2 is 2.00 bits per heavy atom. The van der Waals surface area contributed by atoms with Crippen molar-refractivity contribution in [2.75, 3.05) is 26.9 Å². The van der Waals surface area contributed by atoms with E-state index in [1.807, 2.05) is 20.8 Å². The molecule has 0 saturated carbocycles. The van der Waals surface area contributed by atoms with Gasteiger partial charge in [0, 0.05) is 13.7 Å². The van der Waals surface area contributed by atoms with Gasteiger partial charge in [0.25, 0.3) is 5.91 Å². The lowest BCUT2D eigenvalue weighted by Gasteiger charge is -2.54. The van der Waals surface area contributed by atoms with Crippen LogP contribution in [0.3, 0.4) is 0 Å². The molecule has 0 aliphatic carbocycles. The van der Waals surface area contributed by atoms with Crippen LogP contribution in [0.2, 0.25) is 0 Å². The van der Waals surface area contributed by atoms with Gasteiger partial charge in [-0.25, -0.2) is 0 Å². The molecule has 0 spiro atoms. The number of rotatable bonds is 8. The highest BCUT2D eigenvalue weighted by molar-refractivity contribution is 4.91. The van der Waals surface area contributed by atoms with Gasteiger partial charge in [-0.15, -0.1) is 5.06 Å². The fourth-order valence-corrected chi connectivity index (χ4v) is 1.86. The Morgan fingerprint density at radius 1 is 1.29 bits per heavy atom. The summed E-state index contributed by atoms with van der Waals surface area (Å²) in [5.74, 6) is -0.871. The minimum Gasteiger partial charge on any atom is -0.373 e. The van der Waals surface area contributed by atoms with Crippen LogP contribution in [0.25, 0.3) is 0 Å². The molecule has 2 atom stereocenters. The van der Waals surface area contributed by atoms with Crippen molar-refractivity contribution in [3.8, 4) is 0 Å². The van der Waals surface area contributed by atoms with Crippen molar-refractivity contribution in [1.82, 2.24) is 5.06 Å². The molecular formula is C12H25NO4. The molecule has 0 aromatic carbocycles. The highest BCUT2D eigenvalue weighted by Crippen LogP contribution is 2.36. The summed E-state index contributed by atoms with van der Waals surface area (Å²) >= 11 is 0. The van der Waals surface area contributed by atoms with Crippen LogP contribution in [-0.2, 0) is 19.0 Å². The van der Waals surface area contributed by atoms with Gasteiger partial charge in [-0.2, -0.15) is 0 Å². The van der Waals surface area contributed by atoms with Crippen LogP contribution in [0.15, 0.2) is 0 Å². The number of ether oxygens (including phenoxy) is 3. The molecule has 102 valence electrons. The Balaban J connectivity index is 2.70. The molecule has 1 aliphatic rings. The standard InChI is InChI=1S/C12H25NO4/c1-6-8-16-12(15-7-2)11(14-5)9-13(12)17-10(3)4/h10-11H,6-9H2,1-5H3. The molecule has 0 radical (unpaired) electrons. The first-order valence-corrected chi connectivity index (χ1v) is 6.35. The van der Waals surface area contributed by atoms with Gasteiger partial charge in [0.1, 0.15) is 6.10 Å².